The van der Waals surface area contributed by atoms with Crippen LogP contribution in [0, 0.1) is 5.92 Å². The fourth-order valence-corrected chi connectivity index (χ4v) is 3.62. The third-order valence-corrected chi connectivity index (χ3v) is 4.69. The monoisotopic (exact) mass is 291 g/mol. The Morgan fingerprint density at radius 1 is 1.00 bits per heavy atom. The van der Waals surface area contributed by atoms with Crippen LogP contribution in [0.5, 0.6) is 0 Å². The Bertz CT molecular complexity index is 714. The zero-order valence-electron chi connectivity index (χ0n) is 12.7. The smallest absolute Gasteiger partial charge is 0.134 e. The van der Waals surface area contributed by atoms with E-state index < -0.39 is 0 Å². The molecule has 22 heavy (non-hydrogen) atoms. The molecule has 1 N–H and O–H groups in total. The van der Waals surface area contributed by atoms with Gasteiger partial charge in [0.15, 0.2) is 0 Å². The van der Waals surface area contributed by atoms with E-state index >= 15 is 0 Å². The molecule has 0 aliphatic carbocycles. The van der Waals surface area contributed by atoms with Crippen molar-refractivity contribution in [3.63, 3.8) is 0 Å². The lowest BCUT2D eigenvalue weighted by Crippen LogP contribution is -2.35. The molecule has 1 aromatic heterocycles. The van der Waals surface area contributed by atoms with Crippen LogP contribution in [0.1, 0.15) is 30.2 Å². The number of rotatable bonds is 3. The van der Waals surface area contributed by atoms with Gasteiger partial charge >= 0.3 is 0 Å². The minimum atomic E-state index is 0.433. The first-order valence-electron chi connectivity index (χ1n) is 8.16. The van der Waals surface area contributed by atoms with Crippen LogP contribution in [0.3, 0.4) is 0 Å². The molecule has 1 saturated heterocycles. The van der Waals surface area contributed by atoms with Gasteiger partial charge in [-0.05, 0) is 43.0 Å². The summed E-state index contributed by atoms with van der Waals surface area (Å²) < 4.78 is 6.03. The van der Waals surface area contributed by atoms with Gasteiger partial charge in [0.1, 0.15) is 11.3 Å². The molecule has 0 saturated carbocycles. The molecule has 2 nitrogen and oxygen atoms in total. The first-order valence-corrected chi connectivity index (χ1v) is 8.16. The van der Waals surface area contributed by atoms with Crippen molar-refractivity contribution in [2.24, 2.45) is 5.92 Å². The highest BCUT2D eigenvalue weighted by Crippen LogP contribution is 2.33. The SMILES string of the molecule is c1ccc([C@H]2NCCC[C@H]2Cc2cc3ccccc3o2)cc1. The van der Waals surface area contributed by atoms with Gasteiger partial charge in [0, 0.05) is 17.8 Å². The van der Waals surface area contributed by atoms with Crippen molar-refractivity contribution in [3.05, 3.63) is 72.0 Å². The van der Waals surface area contributed by atoms with E-state index in [-0.39, 0.29) is 0 Å². The fraction of sp³-hybridized carbons (Fsp3) is 0.300. The highest BCUT2D eigenvalue weighted by Gasteiger charge is 2.27. The van der Waals surface area contributed by atoms with Crippen molar-refractivity contribution < 1.29 is 4.42 Å². The summed E-state index contributed by atoms with van der Waals surface area (Å²) in [4.78, 5) is 0. The summed E-state index contributed by atoms with van der Waals surface area (Å²) in [5.41, 5.74) is 2.39. The zero-order valence-corrected chi connectivity index (χ0v) is 12.7. The Morgan fingerprint density at radius 2 is 1.82 bits per heavy atom. The van der Waals surface area contributed by atoms with E-state index in [1.54, 1.807) is 0 Å². The number of furan rings is 1. The summed E-state index contributed by atoms with van der Waals surface area (Å²) in [6.07, 6.45) is 3.50. The van der Waals surface area contributed by atoms with Crippen molar-refractivity contribution in [2.45, 2.75) is 25.3 Å². The first kappa shape index (κ1) is 13.6. The maximum atomic E-state index is 6.03. The first-order chi connectivity index (χ1) is 10.9. The maximum Gasteiger partial charge on any atom is 0.134 e. The largest absolute Gasteiger partial charge is 0.461 e. The molecule has 0 unspecified atom stereocenters. The lowest BCUT2D eigenvalue weighted by atomic mass is 9.83. The lowest BCUT2D eigenvalue weighted by Gasteiger charge is -2.32. The van der Waals surface area contributed by atoms with Crippen LogP contribution in [-0.4, -0.2) is 6.54 Å². The zero-order chi connectivity index (χ0) is 14.8. The molecule has 112 valence electrons. The van der Waals surface area contributed by atoms with Gasteiger partial charge in [0.25, 0.3) is 0 Å². The minimum absolute atomic E-state index is 0.433. The molecular formula is C20H21NO. The highest BCUT2D eigenvalue weighted by molar-refractivity contribution is 5.77. The molecule has 1 aliphatic heterocycles. The van der Waals surface area contributed by atoms with Gasteiger partial charge < -0.3 is 9.73 Å². The van der Waals surface area contributed by atoms with Gasteiger partial charge in [-0.25, -0.2) is 0 Å². The number of hydrogen-bond donors (Lipinski definition) is 1. The van der Waals surface area contributed by atoms with Gasteiger partial charge in [0.2, 0.25) is 0 Å². The van der Waals surface area contributed by atoms with Crippen LogP contribution in [-0.2, 0) is 6.42 Å². The molecule has 2 heteroatoms. The molecular weight excluding hydrogens is 270 g/mol. The predicted octanol–water partition coefficient (Wildman–Crippen LogP) is 4.72. The highest BCUT2D eigenvalue weighted by atomic mass is 16.3. The fourth-order valence-electron chi connectivity index (χ4n) is 3.62. The van der Waals surface area contributed by atoms with E-state index in [0.29, 0.717) is 12.0 Å². The Balaban J connectivity index is 1.59. The quantitative estimate of drug-likeness (QED) is 0.755. The predicted molar refractivity (Wildman–Crippen MR) is 89.8 cm³/mol. The summed E-state index contributed by atoms with van der Waals surface area (Å²) >= 11 is 0. The molecule has 0 spiro atoms. The molecule has 2 atom stereocenters. The molecule has 1 aliphatic rings. The second-order valence-electron chi connectivity index (χ2n) is 6.20. The van der Waals surface area contributed by atoms with Crippen molar-refractivity contribution in [1.82, 2.24) is 5.32 Å². The number of para-hydroxylation sites is 1. The number of hydrogen-bond acceptors (Lipinski definition) is 2. The van der Waals surface area contributed by atoms with Gasteiger partial charge in [-0.1, -0.05) is 48.5 Å². The molecule has 3 aromatic rings. The lowest BCUT2D eigenvalue weighted by molar-refractivity contribution is 0.271. The summed E-state index contributed by atoms with van der Waals surface area (Å²) in [5, 5.41) is 4.90. The molecule has 1 fully saturated rings. The Kier molecular flexibility index (Phi) is 3.69. The van der Waals surface area contributed by atoms with Crippen LogP contribution >= 0.6 is 0 Å². The van der Waals surface area contributed by atoms with Crippen molar-refractivity contribution >= 4 is 11.0 Å². The third kappa shape index (κ3) is 2.67. The molecule has 0 bridgehead atoms. The van der Waals surface area contributed by atoms with E-state index in [1.807, 2.05) is 12.1 Å². The summed E-state index contributed by atoms with van der Waals surface area (Å²) in [7, 11) is 0. The molecule has 2 heterocycles. The van der Waals surface area contributed by atoms with Crippen molar-refractivity contribution in [3.8, 4) is 0 Å². The molecule has 4 rings (SSSR count). The van der Waals surface area contributed by atoms with Gasteiger partial charge in [-0.2, -0.15) is 0 Å². The Morgan fingerprint density at radius 3 is 2.68 bits per heavy atom. The summed E-state index contributed by atoms with van der Waals surface area (Å²) in [6.45, 7) is 1.11. The van der Waals surface area contributed by atoms with Crippen LogP contribution in [0.4, 0.5) is 0 Å². The van der Waals surface area contributed by atoms with Gasteiger partial charge in [0.05, 0.1) is 0 Å². The topological polar surface area (TPSA) is 25.2 Å². The molecule has 0 radical (unpaired) electrons. The number of benzene rings is 2. The van der Waals surface area contributed by atoms with Crippen LogP contribution in [0.15, 0.2) is 65.1 Å². The standard InChI is InChI=1S/C20H21NO/c1-2-7-15(8-3-1)20-17(10-6-12-21-20)14-18-13-16-9-4-5-11-19(16)22-18/h1-5,7-9,11,13,17,20-21H,6,10,12,14H2/t17-,20+/m0/s1. The van der Waals surface area contributed by atoms with Crippen molar-refractivity contribution in [1.29, 1.82) is 0 Å². The van der Waals surface area contributed by atoms with E-state index in [0.717, 1.165) is 24.3 Å². The van der Waals surface area contributed by atoms with E-state index in [9.17, 15) is 0 Å². The Hall–Kier alpha value is -2.06. The van der Waals surface area contributed by atoms with E-state index in [4.69, 9.17) is 4.42 Å². The molecule has 0 amide bonds. The van der Waals surface area contributed by atoms with Crippen LogP contribution < -0.4 is 5.32 Å². The van der Waals surface area contributed by atoms with Gasteiger partial charge in [-0.15, -0.1) is 0 Å². The van der Waals surface area contributed by atoms with Crippen LogP contribution in [0.2, 0.25) is 0 Å². The van der Waals surface area contributed by atoms with E-state index in [2.05, 4.69) is 53.8 Å². The number of fused-ring (bicyclic) bond motifs is 1. The van der Waals surface area contributed by atoms with E-state index in [1.165, 1.54) is 23.8 Å². The number of piperidine rings is 1. The van der Waals surface area contributed by atoms with Crippen LogP contribution in [0.25, 0.3) is 11.0 Å². The second-order valence-corrected chi connectivity index (χ2v) is 6.20. The summed E-state index contributed by atoms with van der Waals surface area (Å²) in [5.74, 6) is 1.70. The maximum absolute atomic E-state index is 6.03. The summed E-state index contributed by atoms with van der Waals surface area (Å²) in [6, 6.07) is 21.7. The average molecular weight is 291 g/mol. The normalized spacial score (nSPS) is 22.0. The number of nitrogens with one attached hydrogen (secondary N) is 1. The average Bonchev–Trinajstić information content (AvgIpc) is 2.98. The van der Waals surface area contributed by atoms with Gasteiger partial charge in [-0.3, -0.25) is 0 Å². The molecule has 2 aromatic carbocycles. The minimum Gasteiger partial charge on any atom is -0.461 e. The Labute approximate surface area is 131 Å². The van der Waals surface area contributed by atoms with Crippen molar-refractivity contribution in [2.75, 3.05) is 6.54 Å². The second kappa shape index (κ2) is 5.98. The third-order valence-electron chi connectivity index (χ3n) is 4.69.